The normalized spacial score (nSPS) is 12.4. The second-order valence-corrected chi connectivity index (χ2v) is 5.37. The number of hydrogen-bond donors (Lipinski definition) is 0. The van der Waals surface area contributed by atoms with Crippen LogP contribution in [0.2, 0.25) is 0 Å². The van der Waals surface area contributed by atoms with Crippen molar-refractivity contribution in [3.63, 3.8) is 0 Å². The molecule has 1 atom stereocenters. The molecule has 0 saturated carbocycles. The van der Waals surface area contributed by atoms with E-state index in [0.29, 0.717) is 16.7 Å². The van der Waals surface area contributed by atoms with Crippen molar-refractivity contribution in [2.24, 2.45) is 0 Å². The number of aryl methyl sites for hydroxylation is 2. The van der Waals surface area contributed by atoms with Crippen LogP contribution in [0.25, 0.3) is 0 Å². The Morgan fingerprint density at radius 2 is 1.89 bits per heavy atom. The smallest absolute Gasteiger partial charge is 0.277 e. The van der Waals surface area contributed by atoms with E-state index in [1.54, 1.807) is 6.92 Å². The summed E-state index contributed by atoms with van der Waals surface area (Å²) < 4.78 is 5.25. The Hall–Kier alpha value is -1.62. The quantitative estimate of drug-likeness (QED) is 0.626. The van der Waals surface area contributed by atoms with Crippen LogP contribution in [0.15, 0.2) is 33.9 Å². The largest absolute Gasteiger partial charge is 0.416 e. The van der Waals surface area contributed by atoms with Crippen molar-refractivity contribution >= 4 is 17.5 Å². The van der Waals surface area contributed by atoms with Gasteiger partial charge in [0.05, 0.1) is 5.25 Å². The summed E-state index contributed by atoms with van der Waals surface area (Å²) in [5.74, 6) is 0.573. The van der Waals surface area contributed by atoms with Gasteiger partial charge in [0.1, 0.15) is 0 Å². The van der Waals surface area contributed by atoms with Gasteiger partial charge in [0.2, 0.25) is 5.89 Å². The lowest BCUT2D eigenvalue weighted by molar-refractivity contribution is 0.0993. The van der Waals surface area contributed by atoms with Crippen molar-refractivity contribution in [3.8, 4) is 0 Å². The van der Waals surface area contributed by atoms with Crippen molar-refractivity contribution in [1.82, 2.24) is 10.2 Å². The number of rotatable bonds is 4. The van der Waals surface area contributed by atoms with Gasteiger partial charge in [-0.1, -0.05) is 41.6 Å². The summed E-state index contributed by atoms with van der Waals surface area (Å²) in [6.07, 6.45) is 0. The third-order valence-electron chi connectivity index (χ3n) is 2.49. The Morgan fingerprint density at radius 1 is 1.22 bits per heavy atom. The summed E-state index contributed by atoms with van der Waals surface area (Å²) in [5, 5.41) is 7.79. The minimum Gasteiger partial charge on any atom is -0.416 e. The Kier molecular flexibility index (Phi) is 3.81. The van der Waals surface area contributed by atoms with Gasteiger partial charge in [0.15, 0.2) is 5.78 Å². The highest BCUT2D eigenvalue weighted by Crippen LogP contribution is 2.24. The van der Waals surface area contributed by atoms with Crippen LogP contribution in [-0.2, 0) is 0 Å². The SMILES string of the molecule is Cc1ccc(C(=O)[C@H](C)Sc2nnc(C)o2)cc1. The van der Waals surface area contributed by atoms with Crippen molar-refractivity contribution in [2.45, 2.75) is 31.2 Å². The van der Waals surface area contributed by atoms with Crippen LogP contribution < -0.4 is 0 Å². The summed E-state index contributed by atoms with van der Waals surface area (Å²) in [5.41, 5.74) is 1.84. The highest BCUT2D eigenvalue weighted by molar-refractivity contribution is 8.00. The van der Waals surface area contributed by atoms with E-state index in [1.165, 1.54) is 11.8 Å². The van der Waals surface area contributed by atoms with Gasteiger partial charge in [-0.15, -0.1) is 10.2 Å². The minimum atomic E-state index is -0.243. The van der Waals surface area contributed by atoms with Crippen LogP contribution in [0, 0.1) is 13.8 Å². The van der Waals surface area contributed by atoms with Crippen LogP contribution >= 0.6 is 11.8 Å². The molecule has 0 unspecified atom stereocenters. The van der Waals surface area contributed by atoms with Crippen LogP contribution in [0.3, 0.4) is 0 Å². The molecule has 0 radical (unpaired) electrons. The molecule has 2 rings (SSSR count). The van der Waals surface area contributed by atoms with Crippen molar-refractivity contribution in [2.75, 3.05) is 0 Å². The number of carbonyl (C=O) groups excluding carboxylic acids is 1. The molecule has 4 nitrogen and oxygen atoms in total. The maximum atomic E-state index is 12.2. The first kappa shape index (κ1) is 12.8. The molecule has 1 aromatic heterocycles. The number of Topliss-reactive ketones (excluding diaryl/α,β-unsaturated/α-hetero) is 1. The molecule has 94 valence electrons. The zero-order chi connectivity index (χ0) is 13.1. The van der Waals surface area contributed by atoms with E-state index in [4.69, 9.17) is 4.42 Å². The monoisotopic (exact) mass is 262 g/mol. The molecule has 2 aromatic rings. The lowest BCUT2D eigenvalue weighted by Gasteiger charge is -2.07. The molecule has 0 aliphatic rings. The van der Waals surface area contributed by atoms with Crippen LogP contribution in [0.4, 0.5) is 0 Å². The number of carbonyl (C=O) groups is 1. The summed E-state index contributed by atoms with van der Waals surface area (Å²) in [4.78, 5) is 12.2. The van der Waals surface area contributed by atoms with Crippen molar-refractivity contribution in [3.05, 3.63) is 41.3 Å². The number of hydrogen-bond acceptors (Lipinski definition) is 5. The molecule has 0 spiro atoms. The molecule has 1 aromatic carbocycles. The molecule has 1 heterocycles. The Labute approximate surface area is 110 Å². The lowest BCUT2D eigenvalue weighted by Crippen LogP contribution is -2.13. The maximum absolute atomic E-state index is 12.2. The number of benzene rings is 1. The van der Waals surface area contributed by atoms with E-state index < -0.39 is 0 Å². The van der Waals surface area contributed by atoms with Crippen LogP contribution in [0.5, 0.6) is 0 Å². The molecular weight excluding hydrogens is 248 g/mol. The minimum absolute atomic E-state index is 0.0656. The fourth-order valence-electron chi connectivity index (χ4n) is 1.48. The standard InChI is InChI=1S/C13H14N2O2S/c1-8-4-6-11(7-5-8)12(16)9(2)18-13-15-14-10(3)17-13/h4-7,9H,1-3H3/t9-/m0/s1. The second-order valence-electron chi connectivity index (χ2n) is 4.08. The first-order chi connectivity index (χ1) is 8.56. The number of aromatic nitrogens is 2. The Balaban J connectivity index is 2.07. The molecule has 5 heteroatoms. The summed E-state index contributed by atoms with van der Waals surface area (Å²) >= 11 is 1.28. The van der Waals surface area contributed by atoms with Gasteiger partial charge in [-0.3, -0.25) is 4.79 Å². The zero-order valence-electron chi connectivity index (χ0n) is 10.5. The molecule has 0 aliphatic heterocycles. The Morgan fingerprint density at radius 3 is 2.44 bits per heavy atom. The van der Waals surface area contributed by atoms with Crippen molar-refractivity contribution in [1.29, 1.82) is 0 Å². The van der Waals surface area contributed by atoms with Gasteiger partial charge in [-0.25, -0.2) is 0 Å². The van der Waals surface area contributed by atoms with E-state index in [0.717, 1.165) is 5.56 Å². The highest BCUT2D eigenvalue weighted by Gasteiger charge is 2.19. The van der Waals surface area contributed by atoms with Gasteiger partial charge in [0.25, 0.3) is 5.22 Å². The van der Waals surface area contributed by atoms with E-state index in [2.05, 4.69) is 10.2 Å². The van der Waals surface area contributed by atoms with Gasteiger partial charge in [0, 0.05) is 12.5 Å². The lowest BCUT2D eigenvalue weighted by atomic mass is 10.1. The third kappa shape index (κ3) is 2.98. The average Bonchev–Trinajstić information content (AvgIpc) is 2.75. The van der Waals surface area contributed by atoms with Crippen LogP contribution in [0.1, 0.15) is 28.7 Å². The summed E-state index contributed by atoms with van der Waals surface area (Å²) in [6.45, 7) is 5.56. The fourth-order valence-corrected chi connectivity index (χ4v) is 2.29. The predicted octanol–water partition coefficient (Wildman–Crippen LogP) is 3.05. The van der Waals surface area contributed by atoms with Gasteiger partial charge in [-0.2, -0.15) is 0 Å². The molecule has 0 saturated heterocycles. The number of ketones is 1. The molecule has 18 heavy (non-hydrogen) atoms. The molecule has 0 aliphatic carbocycles. The molecule has 0 fully saturated rings. The molecule has 0 bridgehead atoms. The highest BCUT2D eigenvalue weighted by atomic mass is 32.2. The van der Waals surface area contributed by atoms with E-state index in [1.807, 2.05) is 38.1 Å². The fraction of sp³-hybridized carbons (Fsp3) is 0.308. The van der Waals surface area contributed by atoms with Crippen molar-refractivity contribution < 1.29 is 9.21 Å². The van der Waals surface area contributed by atoms with Gasteiger partial charge in [-0.05, 0) is 13.8 Å². The maximum Gasteiger partial charge on any atom is 0.277 e. The van der Waals surface area contributed by atoms with Gasteiger partial charge < -0.3 is 4.42 Å². The summed E-state index contributed by atoms with van der Waals surface area (Å²) in [7, 11) is 0. The van der Waals surface area contributed by atoms with Crippen LogP contribution in [-0.4, -0.2) is 21.2 Å². The second kappa shape index (κ2) is 5.35. The first-order valence-electron chi connectivity index (χ1n) is 5.64. The molecule has 0 N–H and O–H groups in total. The third-order valence-corrected chi connectivity index (χ3v) is 3.42. The molecule has 0 amide bonds. The van der Waals surface area contributed by atoms with E-state index in [-0.39, 0.29) is 11.0 Å². The topological polar surface area (TPSA) is 56.0 Å². The molecular formula is C13H14N2O2S. The van der Waals surface area contributed by atoms with E-state index in [9.17, 15) is 4.79 Å². The number of nitrogens with zero attached hydrogens (tertiary/aromatic N) is 2. The summed E-state index contributed by atoms with van der Waals surface area (Å²) in [6, 6.07) is 7.55. The van der Waals surface area contributed by atoms with E-state index >= 15 is 0 Å². The number of thioether (sulfide) groups is 1. The van der Waals surface area contributed by atoms with Gasteiger partial charge >= 0.3 is 0 Å². The predicted molar refractivity (Wildman–Crippen MR) is 69.9 cm³/mol. The zero-order valence-corrected chi connectivity index (χ0v) is 11.3. The average molecular weight is 262 g/mol. The Bertz CT molecular complexity index is 548. The first-order valence-corrected chi connectivity index (χ1v) is 6.52.